The van der Waals surface area contributed by atoms with Gasteiger partial charge in [0.1, 0.15) is 6.61 Å². The average Bonchev–Trinajstić information content (AvgIpc) is 2.12. The monoisotopic (exact) mass is 196 g/mol. The van der Waals surface area contributed by atoms with Gasteiger partial charge in [0, 0.05) is 20.0 Å². The quantitative estimate of drug-likeness (QED) is 0.494. The Bertz CT molecular complexity index is 165. The Kier molecular flexibility index (Phi) is 5.48. The zero-order valence-corrected chi connectivity index (χ0v) is 7.44. The topological polar surface area (TPSA) is 61.4 Å². The summed E-state index contributed by atoms with van der Waals surface area (Å²) in [4.78, 5) is 10.6. The van der Waals surface area contributed by atoms with Gasteiger partial charge in [-0.15, -0.1) is 0 Å². The second-order valence-electron chi connectivity index (χ2n) is 2.61. The van der Waals surface area contributed by atoms with E-state index in [1.54, 1.807) is 0 Å². The van der Waals surface area contributed by atoms with Gasteiger partial charge in [0.15, 0.2) is 0 Å². The lowest BCUT2D eigenvalue weighted by Crippen LogP contribution is -2.37. The second-order valence-corrected chi connectivity index (χ2v) is 2.61. The van der Waals surface area contributed by atoms with Crippen LogP contribution in [0.4, 0.5) is 8.78 Å². The minimum Gasteiger partial charge on any atom is -0.390 e. The fourth-order valence-corrected chi connectivity index (χ4v) is 0.654. The number of aliphatic hydroxyl groups is 1. The van der Waals surface area contributed by atoms with Crippen LogP contribution in [0.25, 0.3) is 0 Å². The van der Waals surface area contributed by atoms with Crippen LogP contribution in [0.3, 0.4) is 0 Å². The summed E-state index contributed by atoms with van der Waals surface area (Å²) in [6.45, 7) is -1.62. The van der Waals surface area contributed by atoms with E-state index < -0.39 is 19.1 Å². The van der Waals surface area contributed by atoms with Crippen molar-refractivity contribution in [3.05, 3.63) is 0 Å². The van der Waals surface area contributed by atoms with Crippen LogP contribution in [0.5, 0.6) is 0 Å². The van der Waals surface area contributed by atoms with Gasteiger partial charge in [-0.25, -0.2) is 8.78 Å². The van der Waals surface area contributed by atoms with Crippen molar-refractivity contribution >= 4 is 5.91 Å². The highest BCUT2D eigenvalue weighted by atomic mass is 19.3. The number of alkyl halides is 2. The first-order valence-corrected chi connectivity index (χ1v) is 3.92. The Morgan fingerprint density at radius 2 is 2.15 bits per heavy atom. The Morgan fingerprint density at radius 1 is 1.54 bits per heavy atom. The van der Waals surface area contributed by atoms with Crippen molar-refractivity contribution < 1.29 is 18.7 Å². The minimum absolute atomic E-state index is 0.151. The molecule has 0 heterocycles. The Morgan fingerprint density at radius 3 is 2.62 bits per heavy atom. The highest BCUT2D eigenvalue weighted by molar-refractivity contribution is 5.75. The predicted octanol–water partition coefficient (Wildman–Crippen LogP) is -0.660. The summed E-state index contributed by atoms with van der Waals surface area (Å²) < 4.78 is 24.7. The first-order chi connectivity index (χ1) is 6.02. The molecule has 6 heteroatoms. The van der Waals surface area contributed by atoms with Gasteiger partial charge in [-0.3, -0.25) is 4.79 Å². The highest BCUT2D eigenvalue weighted by Gasteiger charge is 2.26. The van der Waals surface area contributed by atoms with Gasteiger partial charge >= 0.3 is 0 Å². The van der Waals surface area contributed by atoms with Crippen molar-refractivity contribution in [2.45, 2.75) is 12.3 Å². The summed E-state index contributed by atoms with van der Waals surface area (Å²) in [7, 11) is 1.48. The number of aliphatic hydroxyl groups excluding tert-OH is 1. The lowest BCUT2D eigenvalue weighted by atomic mass is 10.3. The molecule has 13 heavy (non-hydrogen) atoms. The molecular formula is C7H14F2N2O2. The molecule has 0 saturated heterocycles. The molecular weight excluding hydrogens is 182 g/mol. The normalized spacial score (nSPS) is 11.4. The van der Waals surface area contributed by atoms with Crippen LogP contribution in [0.2, 0.25) is 0 Å². The highest BCUT2D eigenvalue weighted by Crippen LogP contribution is 2.09. The van der Waals surface area contributed by atoms with E-state index in [2.05, 4.69) is 10.6 Å². The third kappa shape index (κ3) is 6.41. The largest absolute Gasteiger partial charge is 0.390 e. The fourth-order valence-electron chi connectivity index (χ4n) is 0.654. The van der Waals surface area contributed by atoms with Crippen LogP contribution < -0.4 is 10.6 Å². The summed E-state index contributed by atoms with van der Waals surface area (Å²) in [6, 6.07) is 0. The van der Waals surface area contributed by atoms with Crippen LogP contribution in [0.15, 0.2) is 0 Å². The van der Waals surface area contributed by atoms with Crippen molar-refractivity contribution in [2.24, 2.45) is 0 Å². The van der Waals surface area contributed by atoms with Gasteiger partial charge in [-0.2, -0.15) is 0 Å². The number of rotatable bonds is 6. The van der Waals surface area contributed by atoms with Crippen molar-refractivity contribution in [3.8, 4) is 0 Å². The fraction of sp³-hybridized carbons (Fsp3) is 0.857. The molecule has 0 radical (unpaired) electrons. The van der Waals surface area contributed by atoms with Gasteiger partial charge in [-0.05, 0) is 0 Å². The number of nitrogens with one attached hydrogen (secondary N) is 2. The summed E-state index contributed by atoms with van der Waals surface area (Å²) in [5, 5.41) is 12.9. The van der Waals surface area contributed by atoms with E-state index in [1.165, 1.54) is 7.05 Å². The minimum atomic E-state index is -3.11. The van der Waals surface area contributed by atoms with Crippen molar-refractivity contribution in [1.82, 2.24) is 10.6 Å². The summed E-state index contributed by atoms with van der Waals surface area (Å²) >= 11 is 0. The number of hydrogen-bond acceptors (Lipinski definition) is 3. The number of hydrogen-bond donors (Lipinski definition) is 3. The van der Waals surface area contributed by atoms with Gasteiger partial charge in [-0.1, -0.05) is 0 Å². The van der Waals surface area contributed by atoms with Crippen LogP contribution in [0, 0.1) is 0 Å². The molecule has 0 aliphatic rings. The first-order valence-electron chi connectivity index (χ1n) is 3.92. The molecule has 0 aromatic rings. The third-order valence-corrected chi connectivity index (χ3v) is 1.42. The van der Waals surface area contributed by atoms with E-state index in [4.69, 9.17) is 5.11 Å². The van der Waals surface area contributed by atoms with Crippen molar-refractivity contribution in [1.29, 1.82) is 0 Å². The molecule has 0 atom stereocenters. The molecule has 0 aromatic carbocycles. The SMILES string of the molecule is CNC(=O)CCNCC(F)(F)CO. The number of amides is 1. The van der Waals surface area contributed by atoms with Crippen LogP contribution in [-0.2, 0) is 4.79 Å². The van der Waals surface area contributed by atoms with Crippen molar-refractivity contribution in [2.75, 3.05) is 26.7 Å². The lowest BCUT2D eigenvalue weighted by molar-refractivity contribution is -0.120. The Labute approximate surface area is 75.3 Å². The standard InChI is InChI=1S/C7H14F2N2O2/c1-10-6(13)2-3-11-4-7(8,9)5-12/h11-12H,2-5H2,1H3,(H,10,13). The molecule has 78 valence electrons. The molecule has 0 saturated carbocycles. The Hall–Kier alpha value is -0.750. The van der Waals surface area contributed by atoms with E-state index in [0.29, 0.717) is 0 Å². The Balaban J connectivity index is 3.41. The number of carbonyl (C=O) groups is 1. The van der Waals surface area contributed by atoms with Gasteiger partial charge in [0.05, 0.1) is 6.54 Å². The lowest BCUT2D eigenvalue weighted by Gasteiger charge is -2.13. The first kappa shape index (κ1) is 12.2. The molecule has 0 aliphatic heterocycles. The maximum absolute atomic E-state index is 12.3. The number of carbonyl (C=O) groups excluding carboxylic acids is 1. The van der Waals surface area contributed by atoms with Crippen molar-refractivity contribution in [3.63, 3.8) is 0 Å². The number of halogens is 2. The zero-order chi connectivity index (χ0) is 10.3. The third-order valence-electron chi connectivity index (χ3n) is 1.42. The molecule has 0 unspecified atom stereocenters. The molecule has 0 bridgehead atoms. The van der Waals surface area contributed by atoms with Crippen LogP contribution in [-0.4, -0.2) is 43.7 Å². The molecule has 0 rings (SSSR count). The average molecular weight is 196 g/mol. The second kappa shape index (κ2) is 5.82. The van der Waals surface area contributed by atoms with E-state index >= 15 is 0 Å². The molecule has 0 aliphatic carbocycles. The van der Waals surface area contributed by atoms with E-state index in [0.717, 1.165) is 0 Å². The van der Waals surface area contributed by atoms with Crippen LogP contribution >= 0.6 is 0 Å². The zero-order valence-electron chi connectivity index (χ0n) is 7.44. The molecule has 1 amide bonds. The molecule has 0 spiro atoms. The van der Waals surface area contributed by atoms with Gasteiger partial charge in [0.2, 0.25) is 5.91 Å². The predicted molar refractivity (Wildman–Crippen MR) is 43.6 cm³/mol. The summed E-state index contributed by atoms with van der Waals surface area (Å²) in [5.74, 6) is -3.32. The summed E-state index contributed by atoms with van der Waals surface area (Å²) in [6.07, 6.45) is 0.151. The van der Waals surface area contributed by atoms with E-state index in [1.807, 2.05) is 0 Å². The van der Waals surface area contributed by atoms with E-state index in [-0.39, 0.29) is 18.9 Å². The maximum Gasteiger partial charge on any atom is 0.282 e. The molecule has 3 N–H and O–H groups in total. The van der Waals surface area contributed by atoms with Crippen LogP contribution in [0.1, 0.15) is 6.42 Å². The van der Waals surface area contributed by atoms with Gasteiger partial charge in [0.25, 0.3) is 5.92 Å². The van der Waals surface area contributed by atoms with E-state index in [9.17, 15) is 13.6 Å². The molecule has 0 fully saturated rings. The summed E-state index contributed by atoms with van der Waals surface area (Å²) in [5.41, 5.74) is 0. The smallest absolute Gasteiger partial charge is 0.282 e. The van der Waals surface area contributed by atoms with Gasteiger partial charge < -0.3 is 15.7 Å². The molecule has 4 nitrogen and oxygen atoms in total. The molecule has 0 aromatic heterocycles. The maximum atomic E-state index is 12.3.